The monoisotopic (exact) mass is 627 g/mol. The molecule has 7 rings (SSSR count). The number of urea groups is 1. The van der Waals surface area contributed by atoms with Gasteiger partial charge in [0.2, 0.25) is 5.91 Å². The molecule has 0 bridgehead atoms. The maximum Gasteiger partial charge on any atom is 0.318 e. The van der Waals surface area contributed by atoms with E-state index in [1.807, 2.05) is 29.2 Å². The number of likely N-dealkylation sites (tertiary alicyclic amines) is 3. The Balaban J connectivity index is 1.03. The number of carbonyl (C=O) groups is 3. The number of aromatic nitrogens is 1. The van der Waals surface area contributed by atoms with E-state index in [0.29, 0.717) is 44.2 Å². The van der Waals surface area contributed by atoms with Gasteiger partial charge in [-0.1, -0.05) is 24.6 Å². The van der Waals surface area contributed by atoms with Crippen molar-refractivity contribution in [2.45, 2.75) is 69.0 Å². The molecule has 1 atom stereocenters. The summed E-state index contributed by atoms with van der Waals surface area (Å²) in [5.74, 6) is 0.389. The van der Waals surface area contributed by atoms with Crippen LogP contribution < -0.4 is 10.6 Å². The maximum atomic E-state index is 14.1. The predicted molar refractivity (Wildman–Crippen MR) is 175 cm³/mol. The van der Waals surface area contributed by atoms with E-state index in [4.69, 9.17) is 4.99 Å². The number of amides is 4. The van der Waals surface area contributed by atoms with Crippen LogP contribution in [0.25, 0.3) is 10.1 Å². The third-order valence-electron chi connectivity index (χ3n) is 10.1. The van der Waals surface area contributed by atoms with Gasteiger partial charge in [-0.05, 0) is 86.1 Å². The number of fused-ring (bicyclic) bond motifs is 1. The van der Waals surface area contributed by atoms with Crippen molar-refractivity contribution in [2.75, 3.05) is 39.3 Å². The molecule has 6 heterocycles. The number of nitrogens with zero attached hydrogens (tertiary/aromatic N) is 5. The van der Waals surface area contributed by atoms with Gasteiger partial charge in [0.25, 0.3) is 5.91 Å². The van der Waals surface area contributed by atoms with Crippen LogP contribution >= 0.6 is 11.3 Å². The molecule has 2 aromatic heterocycles. The van der Waals surface area contributed by atoms with Gasteiger partial charge in [-0.2, -0.15) is 0 Å². The lowest BCUT2D eigenvalue weighted by Gasteiger charge is -2.41. The van der Waals surface area contributed by atoms with Crippen LogP contribution in [0.2, 0.25) is 0 Å². The molecule has 0 radical (unpaired) electrons. The van der Waals surface area contributed by atoms with Gasteiger partial charge in [0.05, 0.1) is 0 Å². The smallest absolute Gasteiger partial charge is 0.318 e. The summed E-state index contributed by atoms with van der Waals surface area (Å²) in [5.41, 5.74) is 0.964. The molecule has 0 unspecified atom stereocenters. The van der Waals surface area contributed by atoms with Gasteiger partial charge in [0.15, 0.2) is 0 Å². The van der Waals surface area contributed by atoms with Crippen LogP contribution in [0.3, 0.4) is 0 Å². The normalized spacial score (nSPS) is 21.5. The first-order valence-corrected chi connectivity index (χ1v) is 17.2. The summed E-state index contributed by atoms with van der Waals surface area (Å²) in [6, 6.07) is 11.5. The van der Waals surface area contributed by atoms with Gasteiger partial charge in [-0.25, -0.2) is 4.79 Å². The third kappa shape index (κ3) is 6.20. The summed E-state index contributed by atoms with van der Waals surface area (Å²) in [6.07, 6.45) is 10.5. The van der Waals surface area contributed by atoms with Gasteiger partial charge in [0.1, 0.15) is 17.4 Å². The molecule has 1 spiro atoms. The molecule has 0 saturated carbocycles. The minimum absolute atomic E-state index is 0.00918. The Labute approximate surface area is 267 Å². The Hall–Kier alpha value is -3.83. The zero-order valence-corrected chi connectivity index (χ0v) is 26.4. The number of amidine groups is 1. The molecule has 3 saturated heterocycles. The van der Waals surface area contributed by atoms with Crippen LogP contribution in [0.15, 0.2) is 59.2 Å². The first kappa shape index (κ1) is 29.9. The summed E-state index contributed by atoms with van der Waals surface area (Å²) in [4.78, 5) is 56.1. The molecule has 4 aliphatic heterocycles. The lowest BCUT2D eigenvalue weighted by molar-refractivity contribution is -0.134. The minimum Gasteiger partial charge on any atom is -0.341 e. The molecular weight excluding hydrogens is 586 g/mol. The molecule has 236 valence electrons. The molecule has 3 aromatic rings. The summed E-state index contributed by atoms with van der Waals surface area (Å²) in [6.45, 7) is 4.53. The number of benzene rings is 1. The van der Waals surface area contributed by atoms with Gasteiger partial charge in [0, 0.05) is 61.3 Å². The number of pyridine rings is 1. The minimum atomic E-state index is -0.883. The van der Waals surface area contributed by atoms with Crippen molar-refractivity contribution in [3.05, 3.63) is 65.3 Å². The number of piperidine rings is 3. The van der Waals surface area contributed by atoms with Crippen LogP contribution in [0.1, 0.15) is 56.1 Å². The van der Waals surface area contributed by atoms with Gasteiger partial charge in [-0.3, -0.25) is 19.6 Å². The van der Waals surface area contributed by atoms with Crippen molar-refractivity contribution in [2.24, 2.45) is 4.99 Å². The number of hydrogen-bond donors (Lipinski definition) is 2. The molecule has 3 fully saturated rings. The Morgan fingerprint density at radius 3 is 2.51 bits per heavy atom. The zero-order chi connectivity index (χ0) is 30.8. The molecule has 45 heavy (non-hydrogen) atoms. The molecule has 4 amide bonds. The van der Waals surface area contributed by atoms with Crippen molar-refractivity contribution < 1.29 is 14.4 Å². The Kier molecular flexibility index (Phi) is 8.55. The van der Waals surface area contributed by atoms with E-state index in [-0.39, 0.29) is 17.8 Å². The van der Waals surface area contributed by atoms with E-state index < -0.39 is 11.6 Å². The van der Waals surface area contributed by atoms with E-state index in [1.165, 1.54) is 24.0 Å². The molecule has 4 aliphatic rings. The SMILES string of the molecule is O=C(N[C@H](Cc1csc2ccccc12)C(=O)N1CCC(N2CCCCC2)CC1)N1CCC2(CC1)N=C(c1cccnc1)NC2=O. The van der Waals surface area contributed by atoms with E-state index in [0.717, 1.165) is 55.5 Å². The topological polar surface area (TPSA) is 110 Å². The summed E-state index contributed by atoms with van der Waals surface area (Å²) in [7, 11) is 0. The molecule has 11 heteroatoms. The van der Waals surface area contributed by atoms with Crippen LogP contribution in [-0.2, 0) is 16.0 Å². The number of nitrogens with one attached hydrogen (secondary N) is 2. The number of rotatable bonds is 6. The summed E-state index contributed by atoms with van der Waals surface area (Å²) < 4.78 is 1.18. The fraction of sp³-hybridized carbons (Fsp3) is 0.500. The van der Waals surface area contributed by atoms with E-state index in [9.17, 15) is 14.4 Å². The third-order valence-corrected chi connectivity index (χ3v) is 11.1. The Morgan fingerprint density at radius 1 is 0.978 bits per heavy atom. The standard InChI is InChI=1S/C34H41N7O3S/c42-31(40-17-10-26(11-18-40)39-15-4-1-5-16-39)28(21-25-23-45-29-9-3-2-8-27(25)29)36-33(44)41-19-12-34(13-20-41)32(43)37-30(38-34)24-7-6-14-35-22-24/h2-3,6-9,14,22-23,26,28H,1,4-5,10-13,15-21H2,(H,36,44)(H,37,38,43)/t28-/m1/s1. The van der Waals surface area contributed by atoms with Crippen LogP contribution in [0, 0.1) is 0 Å². The molecule has 2 N–H and O–H groups in total. The molecular formula is C34H41N7O3S. The van der Waals surface area contributed by atoms with Crippen molar-refractivity contribution in [1.29, 1.82) is 0 Å². The average Bonchev–Trinajstić information content (AvgIpc) is 3.65. The number of hydrogen-bond acceptors (Lipinski definition) is 7. The Morgan fingerprint density at radius 2 is 1.76 bits per heavy atom. The highest BCUT2D eigenvalue weighted by atomic mass is 32.1. The molecule has 0 aliphatic carbocycles. The van der Waals surface area contributed by atoms with Gasteiger partial charge >= 0.3 is 6.03 Å². The van der Waals surface area contributed by atoms with Crippen LogP contribution in [-0.4, -0.2) is 100 Å². The van der Waals surface area contributed by atoms with Crippen molar-refractivity contribution in [1.82, 2.24) is 30.3 Å². The lowest BCUT2D eigenvalue weighted by Crippen LogP contribution is -2.58. The quantitative estimate of drug-likeness (QED) is 0.432. The fourth-order valence-corrected chi connectivity index (χ4v) is 8.36. The lowest BCUT2D eigenvalue weighted by atomic mass is 9.88. The molecule has 1 aromatic carbocycles. The highest BCUT2D eigenvalue weighted by molar-refractivity contribution is 7.17. The first-order chi connectivity index (χ1) is 22.0. The zero-order valence-electron chi connectivity index (χ0n) is 25.6. The molecule has 10 nitrogen and oxygen atoms in total. The van der Waals surface area contributed by atoms with Crippen molar-refractivity contribution in [3.8, 4) is 0 Å². The van der Waals surface area contributed by atoms with Crippen LogP contribution in [0.4, 0.5) is 4.79 Å². The van der Waals surface area contributed by atoms with E-state index >= 15 is 0 Å². The van der Waals surface area contributed by atoms with Gasteiger partial charge < -0.3 is 25.3 Å². The second-order valence-electron chi connectivity index (χ2n) is 12.8. The fourth-order valence-electron chi connectivity index (χ4n) is 7.38. The number of thiophene rings is 1. The largest absolute Gasteiger partial charge is 0.341 e. The summed E-state index contributed by atoms with van der Waals surface area (Å²) >= 11 is 1.67. The second kappa shape index (κ2) is 12.9. The number of carbonyl (C=O) groups excluding carboxylic acids is 3. The Bertz CT molecular complexity index is 1570. The van der Waals surface area contributed by atoms with E-state index in [1.54, 1.807) is 28.6 Å². The highest BCUT2D eigenvalue weighted by Gasteiger charge is 2.47. The summed E-state index contributed by atoms with van der Waals surface area (Å²) in [5, 5.41) is 9.30. The van der Waals surface area contributed by atoms with Crippen molar-refractivity contribution >= 4 is 45.1 Å². The maximum absolute atomic E-state index is 14.1. The predicted octanol–water partition coefficient (Wildman–Crippen LogP) is 3.81. The van der Waals surface area contributed by atoms with Crippen molar-refractivity contribution in [3.63, 3.8) is 0 Å². The first-order valence-electron chi connectivity index (χ1n) is 16.3. The highest BCUT2D eigenvalue weighted by Crippen LogP contribution is 2.32. The average molecular weight is 628 g/mol. The van der Waals surface area contributed by atoms with E-state index in [2.05, 4.69) is 38.0 Å². The van der Waals surface area contributed by atoms with Crippen LogP contribution in [0.5, 0.6) is 0 Å². The number of aliphatic imine (C=N–C) groups is 1. The van der Waals surface area contributed by atoms with Gasteiger partial charge in [-0.15, -0.1) is 11.3 Å². The second-order valence-corrected chi connectivity index (χ2v) is 13.7.